The summed E-state index contributed by atoms with van der Waals surface area (Å²) in [5, 5.41) is 0. The van der Waals surface area contributed by atoms with Crippen LogP contribution in [0.25, 0.3) is 16.9 Å². The Kier molecular flexibility index (Phi) is 4.14. The topological polar surface area (TPSA) is 54.9 Å². The molecule has 0 amide bonds. The first kappa shape index (κ1) is 17.5. The predicted molar refractivity (Wildman–Crippen MR) is 109 cm³/mol. The number of nitrogens with zero attached hydrogens (tertiary/aromatic N) is 1. The third-order valence-electron chi connectivity index (χ3n) is 6.16. The van der Waals surface area contributed by atoms with Crippen LogP contribution in [0.15, 0.2) is 58.1 Å². The number of aryl methyl sites for hydroxylation is 1. The zero-order valence-corrected chi connectivity index (χ0v) is 16.0. The van der Waals surface area contributed by atoms with Crippen LogP contribution in [0.4, 0.5) is 0 Å². The van der Waals surface area contributed by atoms with Crippen LogP contribution in [0.3, 0.4) is 0 Å². The molecule has 138 valence electrons. The van der Waals surface area contributed by atoms with E-state index in [-0.39, 0.29) is 16.7 Å². The van der Waals surface area contributed by atoms with Crippen molar-refractivity contribution in [2.75, 3.05) is 0 Å². The van der Waals surface area contributed by atoms with Crippen LogP contribution in [-0.2, 0) is 11.8 Å². The number of hydrogen-bond donors (Lipinski definition) is 1. The minimum Gasteiger partial charge on any atom is -0.306 e. The number of benzene rings is 2. The molecule has 0 fully saturated rings. The average molecular weight is 360 g/mol. The molecule has 2 aromatic carbocycles. The van der Waals surface area contributed by atoms with Gasteiger partial charge in [-0.1, -0.05) is 56.3 Å². The third kappa shape index (κ3) is 2.51. The van der Waals surface area contributed by atoms with E-state index in [1.54, 1.807) is 0 Å². The van der Waals surface area contributed by atoms with Crippen molar-refractivity contribution in [1.29, 1.82) is 0 Å². The molecule has 0 radical (unpaired) electrons. The largest absolute Gasteiger partial charge is 0.333 e. The molecule has 1 heterocycles. The first-order chi connectivity index (χ1) is 13.0. The predicted octanol–water partition coefficient (Wildman–Crippen LogP) is 4.12. The Morgan fingerprint density at radius 2 is 1.67 bits per heavy atom. The summed E-state index contributed by atoms with van der Waals surface area (Å²) < 4.78 is 1.31. The lowest BCUT2D eigenvalue weighted by Gasteiger charge is -2.38. The van der Waals surface area contributed by atoms with Crippen molar-refractivity contribution in [3.63, 3.8) is 0 Å². The normalized spacial score (nSPS) is 14.5. The second-order valence-electron chi connectivity index (χ2n) is 7.43. The van der Waals surface area contributed by atoms with Crippen molar-refractivity contribution < 1.29 is 0 Å². The van der Waals surface area contributed by atoms with Crippen molar-refractivity contribution in [3.05, 3.63) is 86.1 Å². The molecule has 0 atom stereocenters. The molecular formula is C23H24N2O2. The summed E-state index contributed by atoms with van der Waals surface area (Å²) in [6.45, 7) is 6.18. The van der Waals surface area contributed by atoms with Crippen LogP contribution in [-0.4, -0.2) is 9.55 Å². The van der Waals surface area contributed by atoms with Crippen LogP contribution in [0.5, 0.6) is 0 Å². The maximum atomic E-state index is 13.7. The molecule has 3 aromatic rings. The van der Waals surface area contributed by atoms with E-state index in [2.05, 4.69) is 24.9 Å². The number of hydrogen-bond acceptors (Lipinski definition) is 2. The van der Waals surface area contributed by atoms with Gasteiger partial charge in [0, 0.05) is 16.5 Å². The van der Waals surface area contributed by atoms with Gasteiger partial charge in [0.25, 0.3) is 5.56 Å². The van der Waals surface area contributed by atoms with E-state index in [9.17, 15) is 9.59 Å². The molecule has 0 aliphatic heterocycles. The number of aromatic amines is 1. The molecule has 0 bridgehead atoms. The summed E-state index contributed by atoms with van der Waals surface area (Å²) in [7, 11) is 0. The van der Waals surface area contributed by atoms with Gasteiger partial charge in [0.15, 0.2) is 0 Å². The highest BCUT2D eigenvalue weighted by Crippen LogP contribution is 2.44. The van der Waals surface area contributed by atoms with Crippen molar-refractivity contribution >= 4 is 0 Å². The highest BCUT2D eigenvalue weighted by Gasteiger charge is 2.40. The van der Waals surface area contributed by atoms with Gasteiger partial charge in [-0.15, -0.1) is 0 Å². The fraction of sp³-hybridized carbons (Fsp3) is 0.304. The third-order valence-corrected chi connectivity index (χ3v) is 6.16. The van der Waals surface area contributed by atoms with Crippen molar-refractivity contribution in [1.82, 2.24) is 9.55 Å². The average Bonchev–Trinajstić information content (AvgIpc) is 2.68. The standard InChI is InChI=1S/C23H24N2O2/c1-4-23(5-2)14-16-11-7-8-12-17(16)20-19(23)21(26)25(22(27)24-20)18-13-9-6-10-15(18)3/h6-13H,4-5,14H2,1-3H3,(H,24,27). The summed E-state index contributed by atoms with van der Waals surface area (Å²) in [5.41, 5.74) is 4.30. The number of H-pyrrole nitrogens is 1. The van der Waals surface area contributed by atoms with E-state index in [0.717, 1.165) is 36.0 Å². The van der Waals surface area contributed by atoms with Crippen LogP contribution in [0.1, 0.15) is 43.4 Å². The SMILES string of the molecule is CCC1(CC)Cc2ccccc2-c2[nH]c(=O)n(-c3ccccc3C)c(=O)c21. The van der Waals surface area contributed by atoms with Crippen LogP contribution >= 0.6 is 0 Å². The lowest BCUT2D eigenvalue weighted by Crippen LogP contribution is -2.45. The summed E-state index contributed by atoms with van der Waals surface area (Å²) in [6, 6.07) is 15.6. The van der Waals surface area contributed by atoms with Gasteiger partial charge in [-0.2, -0.15) is 0 Å². The lowest BCUT2D eigenvalue weighted by molar-refractivity contribution is 0.381. The van der Waals surface area contributed by atoms with E-state index in [1.807, 2.05) is 49.4 Å². The maximum Gasteiger partial charge on any atom is 0.333 e. The van der Waals surface area contributed by atoms with Gasteiger partial charge in [-0.25, -0.2) is 9.36 Å². The molecule has 0 saturated carbocycles. The van der Waals surface area contributed by atoms with E-state index in [1.165, 1.54) is 10.1 Å². The van der Waals surface area contributed by atoms with Gasteiger partial charge in [0.2, 0.25) is 0 Å². The van der Waals surface area contributed by atoms with E-state index in [4.69, 9.17) is 0 Å². The molecule has 1 aliphatic rings. The molecule has 27 heavy (non-hydrogen) atoms. The zero-order chi connectivity index (χ0) is 19.2. The summed E-state index contributed by atoms with van der Waals surface area (Å²) in [6.07, 6.45) is 2.51. The minimum absolute atomic E-state index is 0.193. The number of rotatable bonds is 3. The summed E-state index contributed by atoms with van der Waals surface area (Å²) >= 11 is 0. The van der Waals surface area contributed by atoms with Gasteiger partial charge in [0.05, 0.1) is 11.4 Å². The van der Waals surface area contributed by atoms with E-state index in [0.29, 0.717) is 11.4 Å². The minimum atomic E-state index is -0.383. The van der Waals surface area contributed by atoms with Gasteiger partial charge in [-0.05, 0) is 43.4 Å². The summed E-state index contributed by atoms with van der Waals surface area (Å²) in [4.78, 5) is 29.7. The Morgan fingerprint density at radius 1 is 1.00 bits per heavy atom. The smallest absolute Gasteiger partial charge is 0.306 e. The lowest BCUT2D eigenvalue weighted by atomic mass is 9.66. The fourth-order valence-electron chi connectivity index (χ4n) is 4.49. The van der Waals surface area contributed by atoms with Crippen molar-refractivity contribution in [2.24, 2.45) is 0 Å². The molecule has 1 aliphatic carbocycles. The molecule has 0 unspecified atom stereocenters. The Bertz CT molecular complexity index is 1130. The molecule has 1 N–H and O–H groups in total. The van der Waals surface area contributed by atoms with Gasteiger partial charge in [-0.3, -0.25) is 4.79 Å². The quantitative estimate of drug-likeness (QED) is 0.764. The van der Waals surface area contributed by atoms with E-state index < -0.39 is 0 Å². The highest BCUT2D eigenvalue weighted by molar-refractivity contribution is 5.71. The second-order valence-corrected chi connectivity index (χ2v) is 7.43. The maximum absolute atomic E-state index is 13.7. The molecule has 4 nitrogen and oxygen atoms in total. The Labute approximate surface area is 158 Å². The van der Waals surface area contributed by atoms with Gasteiger partial charge < -0.3 is 4.98 Å². The fourth-order valence-corrected chi connectivity index (χ4v) is 4.49. The number of fused-ring (bicyclic) bond motifs is 3. The summed E-state index contributed by atoms with van der Waals surface area (Å²) in [5.74, 6) is 0. The van der Waals surface area contributed by atoms with Gasteiger partial charge >= 0.3 is 5.69 Å². The van der Waals surface area contributed by atoms with Gasteiger partial charge in [0.1, 0.15) is 0 Å². The number of aromatic nitrogens is 2. The molecule has 4 rings (SSSR count). The molecule has 1 aromatic heterocycles. The van der Waals surface area contributed by atoms with Crippen molar-refractivity contribution in [2.45, 2.75) is 45.4 Å². The Balaban J connectivity index is 2.13. The Morgan fingerprint density at radius 3 is 2.37 bits per heavy atom. The number of nitrogens with one attached hydrogen (secondary N) is 1. The molecule has 0 spiro atoms. The highest BCUT2D eigenvalue weighted by atomic mass is 16.2. The van der Waals surface area contributed by atoms with Crippen LogP contribution in [0.2, 0.25) is 0 Å². The molecule has 4 heteroatoms. The molecule has 0 saturated heterocycles. The first-order valence-corrected chi connectivity index (χ1v) is 9.56. The molecular weight excluding hydrogens is 336 g/mol. The monoisotopic (exact) mass is 360 g/mol. The zero-order valence-electron chi connectivity index (χ0n) is 16.0. The van der Waals surface area contributed by atoms with Crippen LogP contribution in [0, 0.1) is 6.92 Å². The number of para-hydroxylation sites is 1. The van der Waals surface area contributed by atoms with Crippen LogP contribution < -0.4 is 11.2 Å². The first-order valence-electron chi connectivity index (χ1n) is 9.56. The second kappa shape index (κ2) is 6.38. The van der Waals surface area contributed by atoms with E-state index >= 15 is 0 Å². The van der Waals surface area contributed by atoms with Crippen molar-refractivity contribution in [3.8, 4) is 16.9 Å². The Hall–Kier alpha value is -2.88.